The second-order valence-corrected chi connectivity index (χ2v) is 9.21. The van der Waals surface area contributed by atoms with Crippen LogP contribution in [0.15, 0.2) is 108 Å². The standard InChI is InChI=1S/C33H32O4S/c1-35-25-15-3-2-7-17-29(20-14-16-26-38-31-23-12-6-13-24-31)33(28-18-8-4-9-19-28)37-32(34)27-36-30-21-10-5-11-22-30/h4-6,8-13,18-24,33H,2-3,15,25-27H2,1H3/b29-20+. The summed E-state index contributed by atoms with van der Waals surface area (Å²) >= 11 is 1.67. The minimum Gasteiger partial charge on any atom is -0.482 e. The highest BCUT2D eigenvalue weighted by molar-refractivity contribution is 7.99. The fourth-order valence-electron chi connectivity index (χ4n) is 3.37. The Morgan fingerprint density at radius 2 is 1.58 bits per heavy atom. The van der Waals surface area contributed by atoms with Crippen LogP contribution in [-0.4, -0.2) is 32.0 Å². The fourth-order valence-corrected chi connectivity index (χ4v) is 4.04. The molecule has 0 radical (unpaired) electrons. The maximum atomic E-state index is 12.8. The lowest BCUT2D eigenvalue weighted by Gasteiger charge is -2.18. The van der Waals surface area contributed by atoms with Crippen LogP contribution in [0.25, 0.3) is 0 Å². The van der Waals surface area contributed by atoms with Crippen molar-refractivity contribution in [3.63, 3.8) is 0 Å². The number of esters is 1. The third kappa shape index (κ3) is 11.0. The number of rotatable bonds is 12. The van der Waals surface area contributed by atoms with E-state index in [1.165, 1.54) is 0 Å². The van der Waals surface area contributed by atoms with E-state index >= 15 is 0 Å². The van der Waals surface area contributed by atoms with Crippen LogP contribution in [0.3, 0.4) is 0 Å². The Morgan fingerprint density at radius 1 is 0.895 bits per heavy atom. The Morgan fingerprint density at radius 3 is 2.29 bits per heavy atom. The van der Waals surface area contributed by atoms with E-state index in [1.54, 1.807) is 37.1 Å². The molecule has 5 heteroatoms. The number of benzene rings is 3. The molecule has 1 atom stereocenters. The Hall–Kier alpha value is -3.90. The van der Waals surface area contributed by atoms with Gasteiger partial charge in [0.05, 0.1) is 11.3 Å². The van der Waals surface area contributed by atoms with Gasteiger partial charge in [0.25, 0.3) is 0 Å². The zero-order valence-corrected chi connectivity index (χ0v) is 22.4. The van der Waals surface area contributed by atoms with E-state index in [9.17, 15) is 4.79 Å². The van der Waals surface area contributed by atoms with Gasteiger partial charge in [-0.05, 0) is 42.7 Å². The summed E-state index contributed by atoms with van der Waals surface area (Å²) in [4.78, 5) is 14.0. The van der Waals surface area contributed by atoms with E-state index in [2.05, 4.69) is 35.8 Å². The molecule has 4 nitrogen and oxygen atoms in total. The molecule has 0 aliphatic carbocycles. The van der Waals surface area contributed by atoms with Gasteiger partial charge in [-0.25, -0.2) is 4.79 Å². The summed E-state index contributed by atoms with van der Waals surface area (Å²) in [7, 11) is 1.70. The topological polar surface area (TPSA) is 44.8 Å². The van der Waals surface area contributed by atoms with Crippen LogP contribution in [0.2, 0.25) is 0 Å². The normalized spacial score (nSPS) is 11.3. The number of thioether (sulfide) groups is 1. The molecule has 0 spiro atoms. The summed E-state index contributed by atoms with van der Waals surface area (Å²) in [5.74, 6) is 13.5. The van der Waals surface area contributed by atoms with Gasteiger partial charge in [-0.3, -0.25) is 0 Å². The molecule has 0 aliphatic rings. The molecule has 3 rings (SSSR count). The van der Waals surface area contributed by atoms with Gasteiger partial charge in [0.1, 0.15) is 5.75 Å². The average molecular weight is 525 g/mol. The van der Waals surface area contributed by atoms with Crippen LogP contribution < -0.4 is 4.74 Å². The first kappa shape index (κ1) is 28.7. The van der Waals surface area contributed by atoms with Crippen molar-refractivity contribution in [3.8, 4) is 29.4 Å². The Labute approximate surface area is 230 Å². The molecule has 0 bridgehead atoms. The molecule has 0 heterocycles. The molecule has 0 aromatic heterocycles. The third-order valence-electron chi connectivity index (χ3n) is 5.25. The molecular formula is C33H32O4S. The quantitative estimate of drug-likeness (QED) is 0.112. The number of methoxy groups -OCH3 is 1. The molecule has 3 aromatic carbocycles. The maximum absolute atomic E-state index is 12.8. The second-order valence-electron chi connectivity index (χ2n) is 8.16. The minimum absolute atomic E-state index is 0.204. The van der Waals surface area contributed by atoms with E-state index in [0.29, 0.717) is 30.1 Å². The highest BCUT2D eigenvalue weighted by Gasteiger charge is 2.21. The summed E-state index contributed by atoms with van der Waals surface area (Å²) in [6.45, 7) is 0.505. The minimum atomic E-state index is -0.689. The van der Waals surface area contributed by atoms with Crippen molar-refractivity contribution in [1.82, 2.24) is 0 Å². The van der Waals surface area contributed by atoms with Crippen LogP contribution >= 0.6 is 11.8 Å². The van der Waals surface area contributed by atoms with Crippen LogP contribution in [0.5, 0.6) is 5.75 Å². The highest BCUT2D eigenvalue weighted by atomic mass is 32.2. The predicted octanol–water partition coefficient (Wildman–Crippen LogP) is 6.89. The molecule has 0 N–H and O–H groups in total. The Bertz CT molecular complexity index is 1250. The van der Waals surface area contributed by atoms with Crippen molar-refractivity contribution in [2.24, 2.45) is 0 Å². The summed E-state index contributed by atoms with van der Waals surface area (Å²) in [5, 5.41) is 0. The van der Waals surface area contributed by atoms with Gasteiger partial charge in [0, 0.05) is 31.1 Å². The monoisotopic (exact) mass is 524 g/mol. The first-order chi connectivity index (χ1) is 18.8. The Kier molecular flexibility index (Phi) is 13.2. The molecule has 0 amide bonds. The second kappa shape index (κ2) is 17.5. The van der Waals surface area contributed by atoms with E-state index < -0.39 is 12.1 Å². The lowest BCUT2D eigenvalue weighted by Crippen LogP contribution is -2.19. The molecule has 0 aliphatic heterocycles. The SMILES string of the molecule is COCCCCC#C/C(=C\C#CCSc1ccccc1)C(OC(=O)COc1ccccc1)c1ccccc1. The molecule has 1 unspecified atom stereocenters. The van der Waals surface area contributed by atoms with Crippen molar-refractivity contribution in [3.05, 3.63) is 108 Å². The van der Waals surface area contributed by atoms with Gasteiger partial charge in [0.15, 0.2) is 12.7 Å². The molecular weight excluding hydrogens is 492 g/mol. The van der Waals surface area contributed by atoms with Crippen molar-refractivity contribution < 1.29 is 19.0 Å². The van der Waals surface area contributed by atoms with Crippen LogP contribution in [0, 0.1) is 23.7 Å². The van der Waals surface area contributed by atoms with E-state index in [0.717, 1.165) is 23.3 Å². The number of allylic oxidation sites excluding steroid dienone is 1. The van der Waals surface area contributed by atoms with Crippen molar-refractivity contribution in [2.75, 3.05) is 26.1 Å². The summed E-state index contributed by atoms with van der Waals surface area (Å²) in [6.07, 6.45) is 3.65. The summed E-state index contributed by atoms with van der Waals surface area (Å²) < 4.78 is 16.6. The van der Waals surface area contributed by atoms with Crippen LogP contribution in [-0.2, 0) is 14.3 Å². The van der Waals surface area contributed by atoms with Gasteiger partial charge in [-0.15, -0.1) is 11.8 Å². The maximum Gasteiger partial charge on any atom is 0.345 e. The Balaban J connectivity index is 1.77. The van der Waals surface area contributed by atoms with E-state index in [1.807, 2.05) is 66.7 Å². The zero-order valence-electron chi connectivity index (χ0n) is 21.6. The first-order valence-corrected chi connectivity index (χ1v) is 13.5. The number of carbonyl (C=O) groups is 1. The molecule has 38 heavy (non-hydrogen) atoms. The van der Waals surface area contributed by atoms with Crippen molar-refractivity contribution in [2.45, 2.75) is 30.3 Å². The third-order valence-corrected chi connectivity index (χ3v) is 6.15. The number of ether oxygens (including phenoxy) is 3. The number of unbranched alkanes of at least 4 members (excludes halogenated alkanes) is 2. The number of hydrogen-bond donors (Lipinski definition) is 0. The fraction of sp³-hybridized carbons (Fsp3) is 0.242. The zero-order chi connectivity index (χ0) is 26.7. The molecule has 0 saturated carbocycles. The molecule has 0 fully saturated rings. The highest BCUT2D eigenvalue weighted by Crippen LogP contribution is 2.26. The lowest BCUT2D eigenvalue weighted by molar-refractivity contribution is -0.149. The van der Waals surface area contributed by atoms with E-state index in [4.69, 9.17) is 14.2 Å². The lowest BCUT2D eigenvalue weighted by atomic mass is 10.0. The summed E-state index contributed by atoms with van der Waals surface area (Å²) in [5.41, 5.74) is 1.45. The van der Waals surface area contributed by atoms with Crippen molar-refractivity contribution >= 4 is 17.7 Å². The smallest absolute Gasteiger partial charge is 0.345 e. The van der Waals surface area contributed by atoms with Gasteiger partial charge in [0.2, 0.25) is 0 Å². The molecule has 194 valence electrons. The van der Waals surface area contributed by atoms with E-state index in [-0.39, 0.29) is 6.61 Å². The van der Waals surface area contributed by atoms with Gasteiger partial charge < -0.3 is 14.2 Å². The average Bonchev–Trinajstić information content (AvgIpc) is 2.97. The van der Waals surface area contributed by atoms with Crippen LogP contribution in [0.1, 0.15) is 30.9 Å². The molecule has 3 aromatic rings. The van der Waals surface area contributed by atoms with Crippen LogP contribution in [0.4, 0.5) is 0 Å². The van der Waals surface area contributed by atoms with Gasteiger partial charge in [-0.2, -0.15) is 0 Å². The summed E-state index contributed by atoms with van der Waals surface area (Å²) in [6, 6.07) is 28.9. The largest absolute Gasteiger partial charge is 0.482 e. The van der Waals surface area contributed by atoms with Crippen molar-refractivity contribution in [1.29, 1.82) is 0 Å². The molecule has 0 saturated heterocycles. The van der Waals surface area contributed by atoms with Gasteiger partial charge in [-0.1, -0.05) is 90.4 Å². The number of para-hydroxylation sites is 1. The van der Waals surface area contributed by atoms with Gasteiger partial charge >= 0.3 is 5.97 Å². The number of hydrogen-bond acceptors (Lipinski definition) is 5. The number of carbonyl (C=O) groups excluding carboxylic acids is 1. The predicted molar refractivity (Wildman–Crippen MR) is 154 cm³/mol. The first-order valence-electron chi connectivity index (χ1n) is 12.5.